The Morgan fingerprint density at radius 3 is 2.22 bits per heavy atom. The van der Waals surface area contributed by atoms with Crippen LogP contribution in [0.1, 0.15) is 11.6 Å². The highest BCUT2D eigenvalue weighted by atomic mass is 19.1. The number of para-hydroxylation sites is 1. The standard InChI is InChI=1S/C14H13FN2O/c15-11-8-6-10(7-9-11)13(14(16)18)17-12-4-2-1-3-5-12/h1-9,13,17H,(H2,16,18). The summed E-state index contributed by atoms with van der Waals surface area (Å²) in [5, 5.41) is 3.02. The molecule has 0 radical (unpaired) electrons. The number of primary amides is 1. The Kier molecular flexibility index (Phi) is 3.57. The topological polar surface area (TPSA) is 55.1 Å². The first-order chi connectivity index (χ1) is 8.66. The van der Waals surface area contributed by atoms with E-state index in [1.54, 1.807) is 12.1 Å². The fraction of sp³-hybridized carbons (Fsp3) is 0.0714. The van der Waals surface area contributed by atoms with E-state index in [9.17, 15) is 9.18 Å². The monoisotopic (exact) mass is 244 g/mol. The number of halogens is 1. The molecule has 1 amide bonds. The van der Waals surface area contributed by atoms with Gasteiger partial charge in [0, 0.05) is 5.69 Å². The largest absolute Gasteiger partial charge is 0.370 e. The molecule has 2 aromatic carbocycles. The summed E-state index contributed by atoms with van der Waals surface area (Å²) in [6.45, 7) is 0. The van der Waals surface area contributed by atoms with Crippen molar-refractivity contribution in [3.63, 3.8) is 0 Å². The van der Waals surface area contributed by atoms with Crippen molar-refractivity contribution < 1.29 is 9.18 Å². The Hall–Kier alpha value is -2.36. The molecule has 0 bridgehead atoms. The number of rotatable bonds is 4. The third kappa shape index (κ3) is 2.85. The van der Waals surface area contributed by atoms with E-state index in [4.69, 9.17) is 5.73 Å². The van der Waals surface area contributed by atoms with Crippen LogP contribution in [0.4, 0.5) is 10.1 Å². The summed E-state index contributed by atoms with van der Waals surface area (Å²) in [6, 6.07) is 14.3. The van der Waals surface area contributed by atoms with Crippen LogP contribution in [-0.4, -0.2) is 5.91 Å². The van der Waals surface area contributed by atoms with Crippen molar-refractivity contribution in [2.45, 2.75) is 6.04 Å². The van der Waals surface area contributed by atoms with Crippen LogP contribution in [0.3, 0.4) is 0 Å². The molecule has 0 aliphatic rings. The van der Waals surface area contributed by atoms with Crippen LogP contribution >= 0.6 is 0 Å². The Labute approximate surface area is 104 Å². The molecular weight excluding hydrogens is 231 g/mol. The Morgan fingerprint density at radius 1 is 1.06 bits per heavy atom. The first kappa shape index (κ1) is 12.1. The first-order valence-electron chi connectivity index (χ1n) is 5.53. The highest BCUT2D eigenvalue weighted by molar-refractivity contribution is 5.84. The van der Waals surface area contributed by atoms with Gasteiger partial charge in [-0.25, -0.2) is 4.39 Å². The van der Waals surface area contributed by atoms with Crippen molar-refractivity contribution in [1.29, 1.82) is 0 Å². The zero-order valence-electron chi connectivity index (χ0n) is 9.64. The molecule has 0 fully saturated rings. The maximum absolute atomic E-state index is 12.8. The number of nitrogens with one attached hydrogen (secondary N) is 1. The fourth-order valence-corrected chi connectivity index (χ4v) is 1.68. The second kappa shape index (κ2) is 5.31. The van der Waals surface area contributed by atoms with E-state index in [1.165, 1.54) is 12.1 Å². The number of hydrogen-bond donors (Lipinski definition) is 2. The van der Waals surface area contributed by atoms with E-state index in [-0.39, 0.29) is 5.82 Å². The maximum Gasteiger partial charge on any atom is 0.244 e. The van der Waals surface area contributed by atoms with Crippen molar-refractivity contribution in [3.8, 4) is 0 Å². The van der Waals surface area contributed by atoms with Gasteiger partial charge < -0.3 is 11.1 Å². The van der Waals surface area contributed by atoms with E-state index in [2.05, 4.69) is 5.32 Å². The van der Waals surface area contributed by atoms with Crippen molar-refractivity contribution in [3.05, 3.63) is 66.0 Å². The van der Waals surface area contributed by atoms with Gasteiger partial charge in [0.2, 0.25) is 5.91 Å². The van der Waals surface area contributed by atoms with Gasteiger partial charge in [0.25, 0.3) is 0 Å². The minimum absolute atomic E-state index is 0.346. The number of benzene rings is 2. The molecule has 0 spiro atoms. The summed E-state index contributed by atoms with van der Waals surface area (Å²) in [7, 11) is 0. The van der Waals surface area contributed by atoms with Crippen LogP contribution < -0.4 is 11.1 Å². The quantitative estimate of drug-likeness (QED) is 0.868. The molecule has 0 aliphatic carbocycles. The molecule has 0 aliphatic heterocycles. The highest BCUT2D eigenvalue weighted by Crippen LogP contribution is 2.19. The number of anilines is 1. The second-order valence-electron chi connectivity index (χ2n) is 3.90. The first-order valence-corrected chi connectivity index (χ1v) is 5.53. The second-order valence-corrected chi connectivity index (χ2v) is 3.90. The summed E-state index contributed by atoms with van der Waals surface area (Å²) >= 11 is 0. The van der Waals surface area contributed by atoms with E-state index < -0.39 is 11.9 Å². The lowest BCUT2D eigenvalue weighted by Crippen LogP contribution is -2.27. The predicted molar refractivity (Wildman–Crippen MR) is 68.4 cm³/mol. The van der Waals surface area contributed by atoms with Crippen molar-refractivity contribution in [2.24, 2.45) is 5.73 Å². The molecule has 0 saturated heterocycles. The molecule has 0 heterocycles. The summed E-state index contributed by atoms with van der Waals surface area (Å²) < 4.78 is 12.8. The smallest absolute Gasteiger partial charge is 0.244 e. The van der Waals surface area contributed by atoms with Gasteiger partial charge in [-0.2, -0.15) is 0 Å². The SMILES string of the molecule is NC(=O)C(Nc1ccccc1)c1ccc(F)cc1. The molecule has 1 atom stereocenters. The molecule has 2 rings (SSSR count). The minimum Gasteiger partial charge on any atom is -0.370 e. The van der Waals surface area contributed by atoms with Crippen molar-refractivity contribution in [2.75, 3.05) is 5.32 Å². The number of carbonyl (C=O) groups is 1. The van der Waals surface area contributed by atoms with Gasteiger partial charge in [-0.1, -0.05) is 30.3 Å². The van der Waals surface area contributed by atoms with Gasteiger partial charge in [0.15, 0.2) is 0 Å². The zero-order chi connectivity index (χ0) is 13.0. The lowest BCUT2D eigenvalue weighted by atomic mass is 10.1. The Morgan fingerprint density at radius 2 is 1.67 bits per heavy atom. The van der Waals surface area contributed by atoms with Crippen LogP contribution in [0.2, 0.25) is 0 Å². The van der Waals surface area contributed by atoms with Crippen molar-refractivity contribution in [1.82, 2.24) is 0 Å². The number of amides is 1. The third-order valence-corrected chi connectivity index (χ3v) is 2.57. The Bertz CT molecular complexity index is 525. The van der Waals surface area contributed by atoms with Crippen LogP contribution in [0.15, 0.2) is 54.6 Å². The van der Waals surface area contributed by atoms with Crippen LogP contribution in [-0.2, 0) is 4.79 Å². The van der Waals surface area contributed by atoms with E-state index in [1.807, 2.05) is 30.3 Å². The lowest BCUT2D eigenvalue weighted by Gasteiger charge is -2.17. The average molecular weight is 244 g/mol. The van der Waals surface area contributed by atoms with Crippen molar-refractivity contribution >= 4 is 11.6 Å². The molecule has 0 aromatic heterocycles. The summed E-state index contributed by atoms with van der Waals surface area (Å²) in [6.07, 6.45) is 0. The number of carbonyl (C=O) groups excluding carboxylic acids is 1. The molecule has 0 saturated carbocycles. The van der Waals surface area contributed by atoms with Gasteiger partial charge in [-0.3, -0.25) is 4.79 Å². The number of nitrogens with two attached hydrogens (primary N) is 1. The molecule has 1 unspecified atom stereocenters. The zero-order valence-corrected chi connectivity index (χ0v) is 9.64. The van der Waals surface area contributed by atoms with E-state index in [0.29, 0.717) is 5.56 Å². The highest BCUT2D eigenvalue weighted by Gasteiger charge is 2.17. The predicted octanol–water partition coefficient (Wildman–Crippen LogP) is 2.46. The molecule has 3 N–H and O–H groups in total. The Balaban J connectivity index is 2.24. The van der Waals surface area contributed by atoms with Crippen LogP contribution in [0, 0.1) is 5.82 Å². The molecule has 3 nitrogen and oxygen atoms in total. The summed E-state index contributed by atoms with van der Waals surface area (Å²) in [4.78, 5) is 11.5. The van der Waals surface area contributed by atoms with Gasteiger partial charge in [0.05, 0.1) is 0 Å². The van der Waals surface area contributed by atoms with Gasteiger partial charge in [-0.15, -0.1) is 0 Å². The van der Waals surface area contributed by atoms with Gasteiger partial charge >= 0.3 is 0 Å². The van der Waals surface area contributed by atoms with Crippen LogP contribution in [0.5, 0.6) is 0 Å². The molecule has 2 aromatic rings. The van der Waals surface area contributed by atoms with E-state index in [0.717, 1.165) is 5.69 Å². The van der Waals surface area contributed by atoms with Crippen LogP contribution in [0.25, 0.3) is 0 Å². The van der Waals surface area contributed by atoms with Gasteiger partial charge in [0.1, 0.15) is 11.9 Å². The summed E-state index contributed by atoms with van der Waals surface area (Å²) in [5.41, 5.74) is 6.77. The fourth-order valence-electron chi connectivity index (χ4n) is 1.68. The summed E-state index contributed by atoms with van der Waals surface area (Å²) in [5.74, 6) is -0.854. The molecular formula is C14H13FN2O. The minimum atomic E-state index is -0.673. The lowest BCUT2D eigenvalue weighted by molar-refractivity contribution is -0.118. The normalized spacial score (nSPS) is 11.8. The maximum atomic E-state index is 12.8. The molecule has 18 heavy (non-hydrogen) atoms. The third-order valence-electron chi connectivity index (χ3n) is 2.57. The molecule has 4 heteroatoms. The molecule has 92 valence electrons. The number of hydrogen-bond acceptors (Lipinski definition) is 2. The average Bonchev–Trinajstić information content (AvgIpc) is 2.38. The van der Waals surface area contributed by atoms with Gasteiger partial charge in [-0.05, 0) is 29.8 Å². The van der Waals surface area contributed by atoms with E-state index >= 15 is 0 Å².